The van der Waals surface area contributed by atoms with Gasteiger partial charge in [-0.25, -0.2) is 0 Å². The average Bonchev–Trinajstić information content (AvgIpc) is 2.94. The minimum Gasteiger partial charge on any atom is -0.378 e. The lowest BCUT2D eigenvalue weighted by Gasteiger charge is -2.37. The Morgan fingerprint density at radius 3 is 2.23 bits per heavy atom. The van der Waals surface area contributed by atoms with Gasteiger partial charge in [-0.1, -0.05) is 0 Å². The van der Waals surface area contributed by atoms with E-state index in [9.17, 15) is 4.79 Å². The van der Waals surface area contributed by atoms with Gasteiger partial charge in [-0.3, -0.25) is 4.79 Å². The molecule has 0 saturated carbocycles. The summed E-state index contributed by atoms with van der Waals surface area (Å²) in [6.45, 7) is 4.19. The van der Waals surface area contributed by atoms with E-state index in [4.69, 9.17) is 0 Å². The number of rotatable bonds is 2. The summed E-state index contributed by atoms with van der Waals surface area (Å²) in [5.41, 5.74) is 2.33. The van der Waals surface area contributed by atoms with Crippen LogP contribution in [0.1, 0.15) is 29.6 Å². The zero-order valence-electron chi connectivity index (χ0n) is 14.0. The summed E-state index contributed by atoms with van der Waals surface area (Å²) < 4.78 is 0. The maximum absolute atomic E-state index is 12.7. The van der Waals surface area contributed by atoms with Crippen molar-refractivity contribution in [2.45, 2.75) is 19.3 Å². The van der Waals surface area contributed by atoms with E-state index in [-0.39, 0.29) is 5.91 Å². The molecule has 0 N–H and O–H groups in total. The second-order valence-electron chi connectivity index (χ2n) is 7.22. The Balaban J connectivity index is 1.66. The number of carbonyl (C=O) groups is 1. The topological polar surface area (TPSA) is 26.8 Å². The lowest BCUT2D eigenvalue weighted by Crippen LogP contribution is -2.40. The van der Waals surface area contributed by atoms with Gasteiger partial charge in [0.1, 0.15) is 0 Å². The molecule has 2 saturated heterocycles. The van der Waals surface area contributed by atoms with E-state index in [2.05, 4.69) is 21.7 Å². The van der Waals surface area contributed by atoms with Crippen LogP contribution in [0.25, 0.3) is 0 Å². The molecule has 2 aliphatic heterocycles. The molecule has 120 valence electrons. The van der Waals surface area contributed by atoms with E-state index in [1.807, 2.05) is 38.4 Å². The Morgan fingerprint density at radius 2 is 1.64 bits per heavy atom. The standard InChI is InChI=1S/C18H27N3O/c1-19(2)16-6-4-15(5-7-16)17(22)21-13-10-18(14-21)8-11-20(3)12-9-18/h4-7H,8-14H2,1-3H3. The summed E-state index contributed by atoms with van der Waals surface area (Å²) in [4.78, 5) is 19.2. The zero-order valence-corrected chi connectivity index (χ0v) is 14.0. The van der Waals surface area contributed by atoms with Crippen LogP contribution in [0.2, 0.25) is 0 Å². The first-order valence-corrected chi connectivity index (χ1v) is 8.24. The van der Waals surface area contributed by atoms with E-state index in [0.717, 1.165) is 24.3 Å². The van der Waals surface area contributed by atoms with Gasteiger partial charge in [0.05, 0.1) is 0 Å². The molecule has 1 aromatic carbocycles. The molecule has 2 aliphatic rings. The van der Waals surface area contributed by atoms with Crippen molar-refractivity contribution < 1.29 is 4.79 Å². The Morgan fingerprint density at radius 1 is 1.05 bits per heavy atom. The third-order valence-electron chi connectivity index (χ3n) is 5.40. The Labute approximate surface area is 133 Å². The molecule has 0 unspecified atom stereocenters. The molecular weight excluding hydrogens is 274 g/mol. The van der Waals surface area contributed by atoms with Gasteiger partial charge in [0, 0.05) is 38.4 Å². The third kappa shape index (κ3) is 2.98. The van der Waals surface area contributed by atoms with Crippen molar-refractivity contribution in [3.8, 4) is 0 Å². The summed E-state index contributed by atoms with van der Waals surface area (Å²) in [5, 5.41) is 0. The minimum atomic E-state index is 0.195. The number of anilines is 1. The fraction of sp³-hybridized carbons (Fsp3) is 0.611. The highest BCUT2D eigenvalue weighted by Crippen LogP contribution is 2.40. The molecule has 0 atom stereocenters. The van der Waals surface area contributed by atoms with Gasteiger partial charge in [0.15, 0.2) is 0 Å². The second kappa shape index (κ2) is 5.92. The number of carbonyl (C=O) groups excluding carboxylic acids is 1. The smallest absolute Gasteiger partial charge is 0.253 e. The summed E-state index contributed by atoms with van der Waals surface area (Å²) in [6.07, 6.45) is 3.63. The van der Waals surface area contributed by atoms with E-state index < -0.39 is 0 Å². The maximum Gasteiger partial charge on any atom is 0.253 e. The number of nitrogens with zero attached hydrogens (tertiary/aromatic N) is 3. The Hall–Kier alpha value is -1.55. The number of piperidine rings is 1. The van der Waals surface area contributed by atoms with E-state index >= 15 is 0 Å². The Kier molecular flexibility index (Phi) is 4.13. The predicted molar refractivity (Wildman–Crippen MR) is 90.5 cm³/mol. The molecule has 2 heterocycles. The van der Waals surface area contributed by atoms with Gasteiger partial charge in [-0.05, 0) is 69.1 Å². The molecule has 4 nitrogen and oxygen atoms in total. The highest BCUT2D eigenvalue weighted by molar-refractivity contribution is 5.94. The van der Waals surface area contributed by atoms with Gasteiger partial charge < -0.3 is 14.7 Å². The van der Waals surface area contributed by atoms with Crippen LogP contribution in [-0.2, 0) is 0 Å². The van der Waals surface area contributed by atoms with Crippen molar-refractivity contribution in [3.63, 3.8) is 0 Å². The molecule has 1 aromatic rings. The number of hydrogen-bond donors (Lipinski definition) is 0. The summed E-state index contributed by atoms with van der Waals surface area (Å²) in [5.74, 6) is 0.195. The van der Waals surface area contributed by atoms with Gasteiger partial charge in [-0.2, -0.15) is 0 Å². The molecule has 1 spiro atoms. The van der Waals surface area contributed by atoms with E-state index in [1.54, 1.807) is 0 Å². The molecule has 0 bridgehead atoms. The normalized spacial score (nSPS) is 21.3. The van der Waals surface area contributed by atoms with Crippen molar-refractivity contribution in [3.05, 3.63) is 29.8 Å². The molecule has 0 radical (unpaired) electrons. The first-order chi connectivity index (χ1) is 10.5. The van der Waals surface area contributed by atoms with Crippen LogP contribution in [0.5, 0.6) is 0 Å². The van der Waals surface area contributed by atoms with Crippen LogP contribution < -0.4 is 4.90 Å². The number of amides is 1. The maximum atomic E-state index is 12.7. The lowest BCUT2D eigenvalue weighted by atomic mass is 9.78. The van der Waals surface area contributed by atoms with Gasteiger partial charge in [0.2, 0.25) is 0 Å². The summed E-state index contributed by atoms with van der Waals surface area (Å²) >= 11 is 0. The Bertz CT molecular complexity index is 530. The van der Waals surface area contributed by atoms with Gasteiger partial charge in [-0.15, -0.1) is 0 Å². The van der Waals surface area contributed by atoms with E-state index in [1.165, 1.54) is 32.4 Å². The van der Waals surface area contributed by atoms with Crippen molar-refractivity contribution in [1.82, 2.24) is 9.80 Å². The van der Waals surface area contributed by atoms with Crippen molar-refractivity contribution in [2.75, 3.05) is 52.2 Å². The van der Waals surface area contributed by atoms with Crippen molar-refractivity contribution in [2.24, 2.45) is 5.41 Å². The molecule has 2 fully saturated rings. The average molecular weight is 301 g/mol. The monoisotopic (exact) mass is 301 g/mol. The van der Waals surface area contributed by atoms with E-state index in [0.29, 0.717) is 5.41 Å². The fourth-order valence-electron chi connectivity index (χ4n) is 3.69. The van der Waals surface area contributed by atoms with Crippen LogP contribution in [0.3, 0.4) is 0 Å². The largest absolute Gasteiger partial charge is 0.378 e. The molecule has 1 amide bonds. The zero-order chi connectivity index (χ0) is 15.7. The van der Waals surface area contributed by atoms with Gasteiger partial charge in [0.25, 0.3) is 5.91 Å². The number of hydrogen-bond acceptors (Lipinski definition) is 3. The number of benzene rings is 1. The van der Waals surface area contributed by atoms with Crippen LogP contribution in [0.15, 0.2) is 24.3 Å². The van der Waals surface area contributed by atoms with Crippen LogP contribution in [0, 0.1) is 5.41 Å². The first kappa shape index (κ1) is 15.3. The molecule has 0 aliphatic carbocycles. The molecule has 3 rings (SSSR count). The van der Waals surface area contributed by atoms with Crippen LogP contribution >= 0.6 is 0 Å². The van der Waals surface area contributed by atoms with Crippen LogP contribution in [0.4, 0.5) is 5.69 Å². The van der Waals surface area contributed by atoms with Crippen molar-refractivity contribution in [1.29, 1.82) is 0 Å². The summed E-state index contributed by atoms with van der Waals surface area (Å²) in [6, 6.07) is 7.96. The van der Waals surface area contributed by atoms with Gasteiger partial charge >= 0.3 is 0 Å². The third-order valence-corrected chi connectivity index (χ3v) is 5.40. The minimum absolute atomic E-state index is 0.195. The quantitative estimate of drug-likeness (QED) is 0.839. The second-order valence-corrected chi connectivity index (χ2v) is 7.22. The molecular formula is C18H27N3O. The molecule has 22 heavy (non-hydrogen) atoms. The number of likely N-dealkylation sites (tertiary alicyclic amines) is 2. The molecule has 0 aromatic heterocycles. The molecule has 4 heteroatoms. The predicted octanol–water partition coefficient (Wildman–Crippen LogP) is 2.31. The van der Waals surface area contributed by atoms with Crippen LogP contribution in [-0.4, -0.2) is 63.0 Å². The highest BCUT2D eigenvalue weighted by Gasteiger charge is 2.41. The van der Waals surface area contributed by atoms with Crippen molar-refractivity contribution >= 4 is 11.6 Å². The summed E-state index contributed by atoms with van der Waals surface area (Å²) in [7, 11) is 6.22. The fourth-order valence-corrected chi connectivity index (χ4v) is 3.69. The lowest BCUT2D eigenvalue weighted by molar-refractivity contribution is 0.0736. The first-order valence-electron chi connectivity index (χ1n) is 8.24. The SMILES string of the molecule is CN1CCC2(CC1)CCN(C(=O)c1ccc(N(C)C)cc1)C2. The highest BCUT2D eigenvalue weighted by atomic mass is 16.2.